The molecule has 2 aromatic heterocycles. The zero-order chi connectivity index (χ0) is 32.5. The van der Waals surface area contributed by atoms with Gasteiger partial charge in [-0.2, -0.15) is 14.4 Å². The normalized spacial score (nSPS) is 20.4. The topological polar surface area (TPSA) is 144 Å². The van der Waals surface area contributed by atoms with E-state index in [9.17, 15) is 14.3 Å². The molecule has 1 fully saturated rings. The highest BCUT2D eigenvalue weighted by atomic mass is 19.1. The van der Waals surface area contributed by atoms with Gasteiger partial charge >= 0.3 is 12.0 Å². The van der Waals surface area contributed by atoms with Gasteiger partial charge in [-0.3, -0.25) is 9.36 Å². The number of hydrogen-bond donors (Lipinski definition) is 2. The fourth-order valence-corrected chi connectivity index (χ4v) is 5.58. The number of nitrogens with zero attached hydrogens (tertiary/aromatic N) is 4. The molecule has 1 saturated heterocycles. The van der Waals surface area contributed by atoms with Gasteiger partial charge in [-0.15, -0.1) is 6.42 Å². The number of anilines is 1. The van der Waals surface area contributed by atoms with Gasteiger partial charge in [-0.25, -0.2) is 4.98 Å². The highest BCUT2D eigenvalue weighted by molar-refractivity contribution is 5.81. The molecule has 12 heteroatoms. The van der Waals surface area contributed by atoms with Crippen LogP contribution >= 0.6 is 0 Å². The van der Waals surface area contributed by atoms with Crippen molar-refractivity contribution in [1.29, 1.82) is 0 Å². The zero-order valence-corrected chi connectivity index (χ0v) is 27.1. The van der Waals surface area contributed by atoms with Crippen LogP contribution in [0, 0.1) is 18.4 Å². The summed E-state index contributed by atoms with van der Waals surface area (Å²) in [5, 5.41) is 10.5. The van der Waals surface area contributed by atoms with E-state index < -0.39 is 36.5 Å². The Labute approximate surface area is 266 Å². The van der Waals surface area contributed by atoms with Gasteiger partial charge in [0.25, 0.3) is 6.48 Å². The minimum absolute atomic E-state index is 0.105. The summed E-state index contributed by atoms with van der Waals surface area (Å²) in [6.45, 7) is 2.76. The Hall–Kier alpha value is -2.85. The van der Waals surface area contributed by atoms with Crippen molar-refractivity contribution in [2.24, 2.45) is 0 Å². The number of carbonyl (C=O) groups excluding carboxylic acids is 1. The summed E-state index contributed by atoms with van der Waals surface area (Å²) < 4.78 is 38.6. The average Bonchev–Trinajstić information content (AvgIpc) is 3.60. The van der Waals surface area contributed by atoms with E-state index >= 15 is 0 Å². The molecule has 1 aliphatic rings. The second kappa shape index (κ2) is 19.6. The smallest absolute Gasteiger partial charge is 0.312 e. The van der Waals surface area contributed by atoms with Crippen LogP contribution in [0.1, 0.15) is 129 Å². The van der Waals surface area contributed by atoms with E-state index in [1.807, 2.05) is 0 Å². The molecule has 4 atom stereocenters. The summed E-state index contributed by atoms with van der Waals surface area (Å²) in [6.07, 6.45) is 21.8. The van der Waals surface area contributed by atoms with Gasteiger partial charge in [0, 0.05) is 12.8 Å². The maximum atomic E-state index is 14.0. The Balaban J connectivity index is 1.56. The number of hydrogen-bond acceptors (Lipinski definition) is 10. The second-order valence-electron chi connectivity index (χ2n) is 11.9. The van der Waals surface area contributed by atoms with Crippen LogP contribution in [-0.2, 0) is 23.7 Å². The Morgan fingerprint density at radius 2 is 1.71 bits per heavy atom. The molecule has 0 aromatic carbocycles. The summed E-state index contributed by atoms with van der Waals surface area (Å²) in [4.78, 5) is 24.2. The number of aromatic nitrogens is 4. The van der Waals surface area contributed by atoms with Crippen LogP contribution in [0.4, 0.5) is 10.2 Å². The van der Waals surface area contributed by atoms with E-state index in [1.54, 1.807) is 0 Å². The molecule has 0 saturated carbocycles. The van der Waals surface area contributed by atoms with Crippen LogP contribution in [0.25, 0.3) is 11.2 Å². The number of ether oxygens (including phenoxy) is 4. The lowest BCUT2D eigenvalue weighted by Gasteiger charge is -2.30. The number of halogens is 1. The quantitative estimate of drug-likeness (QED) is 0.0468. The lowest BCUT2D eigenvalue weighted by molar-refractivity contribution is -0.293. The number of imidazole rings is 1. The average molecular weight is 634 g/mol. The lowest BCUT2D eigenvalue weighted by atomic mass is 9.98. The molecule has 3 rings (SSSR count). The van der Waals surface area contributed by atoms with Gasteiger partial charge in [0.2, 0.25) is 0 Å². The van der Waals surface area contributed by atoms with Crippen molar-refractivity contribution < 1.29 is 33.2 Å². The molecular weight excluding hydrogens is 581 g/mol. The van der Waals surface area contributed by atoms with Crippen molar-refractivity contribution in [2.75, 3.05) is 18.9 Å². The summed E-state index contributed by atoms with van der Waals surface area (Å²) in [5.74, 6) is 2.08. The van der Waals surface area contributed by atoms with Crippen molar-refractivity contribution in [2.45, 2.75) is 147 Å². The minimum Gasteiger partial charge on any atom is -0.461 e. The third kappa shape index (κ3) is 11.5. The monoisotopic (exact) mass is 633 g/mol. The molecule has 0 bridgehead atoms. The summed E-state index contributed by atoms with van der Waals surface area (Å²) in [5.41, 5.74) is 4.58. The number of aliphatic hydroxyl groups excluding tert-OH is 1. The number of unbranched alkanes of at least 4 members (excludes halogenated alkanes) is 13. The van der Waals surface area contributed by atoms with Gasteiger partial charge in [-0.05, 0) is 12.8 Å². The molecular formula is C33H52FN5O6. The zero-order valence-electron chi connectivity index (χ0n) is 27.1. The Morgan fingerprint density at radius 3 is 2.36 bits per heavy atom. The fourth-order valence-electron chi connectivity index (χ4n) is 5.58. The van der Waals surface area contributed by atoms with E-state index in [2.05, 4.69) is 34.7 Å². The van der Waals surface area contributed by atoms with Gasteiger partial charge in [-0.1, -0.05) is 103 Å². The molecule has 11 nitrogen and oxygen atoms in total. The molecule has 0 amide bonds. The molecule has 1 unspecified atom stereocenters. The van der Waals surface area contributed by atoms with Gasteiger partial charge in [0.05, 0.1) is 12.9 Å². The SMILES string of the molecule is C#C[C@]1(COC(=O)CCCCCCCCCCCCC)O[C@@H](n2cnc3c(N)nc(F)nc32)C[C@@H]1OC(O)OCCCCCC. The van der Waals surface area contributed by atoms with Gasteiger partial charge < -0.3 is 29.8 Å². The molecule has 0 radical (unpaired) electrons. The van der Waals surface area contributed by atoms with E-state index in [-0.39, 0.29) is 36.4 Å². The van der Waals surface area contributed by atoms with Crippen LogP contribution in [-0.4, -0.2) is 62.0 Å². The predicted molar refractivity (Wildman–Crippen MR) is 169 cm³/mol. The van der Waals surface area contributed by atoms with Crippen molar-refractivity contribution in [1.82, 2.24) is 19.5 Å². The van der Waals surface area contributed by atoms with E-state index in [1.165, 1.54) is 62.3 Å². The first-order valence-electron chi connectivity index (χ1n) is 16.7. The number of nitrogen functional groups attached to an aromatic ring is 1. The first-order valence-corrected chi connectivity index (χ1v) is 16.7. The summed E-state index contributed by atoms with van der Waals surface area (Å²) in [7, 11) is 0. The molecule has 252 valence electrons. The predicted octanol–water partition coefficient (Wildman–Crippen LogP) is 6.34. The number of terminal acetylenes is 1. The number of esters is 1. The van der Waals surface area contributed by atoms with E-state index in [4.69, 9.17) is 31.1 Å². The first-order chi connectivity index (χ1) is 21.8. The van der Waals surface area contributed by atoms with Gasteiger partial charge in [0.1, 0.15) is 18.9 Å². The third-order valence-electron chi connectivity index (χ3n) is 8.23. The number of carbonyl (C=O) groups is 1. The number of fused-ring (bicyclic) bond motifs is 1. The molecule has 0 aliphatic carbocycles. The van der Waals surface area contributed by atoms with Crippen molar-refractivity contribution >= 4 is 23.0 Å². The fraction of sp³-hybridized carbons (Fsp3) is 0.758. The van der Waals surface area contributed by atoms with E-state index in [0.29, 0.717) is 6.61 Å². The highest BCUT2D eigenvalue weighted by Crippen LogP contribution is 2.40. The largest absolute Gasteiger partial charge is 0.461 e. The Morgan fingerprint density at radius 1 is 1.09 bits per heavy atom. The molecule has 2 aromatic rings. The van der Waals surface area contributed by atoms with Crippen LogP contribution in [0.2, 0.25) is 0 Å². The molecule has 3 heterocycles. The molecule has 1 aliphatic heterocycles. The molecule has 0 spiro atoms. The van der Waals surface area contributed by atoms with E-state index in [0.717, 1.165) is 44.9 Å². The second-order valence-corrected chi connectivity index (χ2v) is 11.9. The van der Waals surface area contributed by atoms with Crippen molar-refractivity contribution in [3.63, 3.8) is 0 Å². The summed E-state index contributed by atoms with van der Waals surface area (Å²) >= 11 is 0. The Kier molecular flexibility index (Phi) is 16.0. The Bertz CT molecular complexity index is 1210. The summed E-state index contributed by atoms with van der Waals surface area (Å²) in [6, 6.07) is 0. The molecule has 3 N–H and O–H groups in total. The van der Waals surface area contributed by atoms with Crippen LogP contribution < -0.4 is 5.73 Å². The molecule has 45 heavy (non-hydrogen) atoms. The minimum atomic E-state index is -1.58. The standard InChI is InChI=1S/C33H52FN5O6/c1-4-7-9-11-12-13-14-15-16-17-18-20-27(40)43-23-33(6-3)25(44-32(41)42-21-19-10-8-5-2)22-26(45-33)39-24-36-28-29(35)37-31(34)38-30(28)39/h3,24-26,32,41H,4-5,7-23H2,1-2H3,(H2,35,37,38)/t25-,26+,32?,33+/m0/s1. The van der Waals surface area contributed by atoms with Crippen molar-refractivity contribution in [3.05, 3.63) is 12.4 Å². The number of nitrogens with two attached hydrogens (primary N) is 1. The first kappa shape index (κ1) is 36.6. The van der Waals surface area contributed by atoms with Crippen LogP contribution in [0.3, 0.4) is 0 Å². The maximum absolute atomic E-state index is 14.0. The van der Waals surface area contributed by atoms with Crippen LogP contribution in [0.5, 0.6) is 0 Å². The maximum Gasteiger partial charge on any atom is 0.312 e. The number of aliphatic hydroxyl groups is 1. The lowest BCUT2D eigenvalue weighted by Crippen LogP contribution is -2.46. The van der Waals surface area contributed by atoms with Crippen molar-refractivity contribution in [3.8, 4) is 12.3 Å². The van der Waals surface area contributed by atoms with Crippen LogP contribution in [0.15, 0.2) is 6.33 Å². The highest BCUT2D eigenvalue weighted by Gasteiger charge is 2.52. The van der Waals surface area contributed by atoms with Gasteiger partial charge in [0.15, 0.2) is 22.6 Å². The third-order valence-corrected chi connectivity index (χ3v) is 8.23. The number of rotatable bonds is 23.